The fraction of sp³-hybridized carbons (Fsp3) is 0.190. The van der Waals surface area contributed by atoms with Crippen molar-refractivity contribution in [1.29, 1.82) is 0 Å². The van der Waals surface area contributed by atoms with Gasteiger partial charge in [0.1, 0.15) is 11.4 Å². The smallest absolute Gasteiger partial charge is 0.272 e. The highest BCUT2D eigenvalue weighted by Gasteiger charge is 2.30. The van der Waals surface area contributed by atoms with Crippen LogP contribution in [0.1, 0.15) is 17.9 Å². The lowest BCUT2D eigenvalue weighted by Gasteiger charge is -2.30. The van der Waals surface area contributed by atoms with Gasteiger partial charge in [-0.3, -0.25) is 9.59 Å². The molecule has 1 atom stereocenters. The molecule has 0 radical (unpaired) electrons. The molecule has 2 fully saturated rings. The zero-order valence-corrected chi connectivity index (χ0v) is 29.1. The summed E-state index contributed by atoms with van der Waals surface area (Å²) in [5, 5.41) is 5.91. The lowest BCUT2D eigenvalue weighted by Crippen LogP contribution is -2.45. The zero-order valence-electron chi connectivity index (χ0n) is 28.4. The topological polar surface area (TPSA) is 116 Å². The average Bonchev–Trinajstić information content (AvgIpc) is 3.90. The van der Waals surface area contributed by atoms with E-state index >= 15 is 0 Å². The van der Waals surface area contributed by atoms with E-state index in [1.807, 2.05) is 54.6 Å². The van der Waals surface area contributed by atoms with Crippen LogP contribution < -0.4 is 26.2 Å². The van der Waals surface area contributed by atoms with Crippen LogP contribution in [0.25, 0.3) is 66.1 Å². The Labute approximate surface area is 303 Å². The maximum atomic E-state index is 14.1. The van der Waals surface area contributed by atoms with Crippen LogP contribution in [-0.4, -0.2) is 59.2 Å². The van der Waals surface area contributed by atoms with Gasteiger partial charge < -0.3 is 35.1 Å². The third-order valence-electron chi connectivity index (χ3n) is 11.0. The maximum Gasteiger partial charge on any atom is 0.272 e. The Morgan fingerprint density at radius 2 is 1.19 bits per heavy atom. The third kappa shape index (κ3) is 4.95. The van der Waals surface area contributed by atoms with Gasteiger partial charge in [0.05, 0.1) is 22.1 Å². The molecule has 2 saturated heterocycles. The van der Waals surface area contributed by atoms with Gasteiger partial charge in [-0.2, -0.15) is 0 Å². The number of anilines is 2. The molecule has 1 unspecified atom stereocenters. The molecular weight excluding hydrogens is 670 g/mol. The molecule has 0 aliphatic carbocycles. The number of pyridine rings is 2. The second kappa shape index (κ2) is 12.2. The van der Waals surface area contributed by atoms with E-state index in [0.717, 1.165) is 105 Å². The number of fused-ring (bicyclic) bond motifs is 6. The molecule has 0 amide bonds. The normalized spacial score (nSPS) is 16.6. The van der Waals surface area contributed by atoms with Gasteiger partial charge in [-0.25, -0.2) is 0 Å². The molecule has 2 aliphatic rings. The molecule has 52 heavy (non-hydrogen) atoms. The quantitative estimate of drug-likeness (QED) is 0.126. The molecule has 9 nitrogen and oxygen atoms in total. The summed E-state index contributed by atoms with van der Waals surface area (Å²) < 4.78 is 0. The van der Waals surface area contributed by atoms with Gasteiger partial charge in [0.25, 0.3) is 11.1 Å². The fourth-order valence-electron chi connectivity index (χ4n) is 8.58. The Morgan fingerprint density at radius 1 is 0.577 bits per heavy atom. The van der Waals surface area contributed by atoms with Crippen molar-refractivity contribution in [2.45, 2.75) is 12.3 Å². The van der Waals surface area contributed by atoms with Crippen LogP contribution in [0.3, 0.4) is 0 Å². The number of aromatic amines is 4. The minimum atomic E-state index is -0.114. The van der Waals surface area contributed by atoms with Gasteiger partial charge in [-0.15, -0.1) is 0 Å². The summed E-state index contributed by atoms with van der Waals surface area (Å²) in [5.41, 5.74) is 11.6. The standard InChI is InChI=1S/C42H36ClN7O2/c43-28-12-14-31-30(22-28)36-38(45-31)34(25-9-5-2-6-10-25)40(42(52)48-36)50-18-15-27(23-50)26-11-13-29-32(21-26)46-37-33(24-7-3-1-4-8-24)39(41(51)47-35(29)37)49-19-16-44-17-20-49/h1-14,21-22,27,44-46H,15-20,23H2,(H,47,51)(H,48,52). The van der Waals surface area contributed by atoms with Crippen LogP contribution in [0.5, 0.6) is 0 Å². The fourth-order valence-corrected chi connectivity index (χ4v) is 8.75. The van der Waals surface area contributed by atoms with Gasteiger partial charge >= 0.3 is 0 Å². The van der Waals surface area contributed by atoms with E-state index in [2.05, 4.69) is 77.5 Å². The molecule has 2 aliphatic heterocycles. The van der Waals surface area contributed by atoms with E-state index in [-0.39, 0.29) is 17.0 Å². The van der Waals surface area contributed by atoms with Gasteiger partial charge in [-0.1, -0.05) is 84.4 Å². The van der Waals surface area contributed by atoms with Crippen LogP contribution in [0.4, 0.5) is 11.4 Å². The molecular formula is C42H36ClN7O2. The van der Waals surface area contributed by atoms with Crippen molar-refractivity contribution in [1.82, 2.24) is 25.3 Å². The van der Waals surface area contributed by atoms with Crippen LogP contribution in [-0.2, 0) is 0 Å². The van der Waals surface area contributed by atoms with Crippen molar-refractivity contribution in [2.75, 3.05) is 49.1 Å². The maximum absolute atomic E-state index is 14.1. The first-order valence-electron chi connectivity index (χ1n) is 17.9. The van der Waals surface area contributed by atoms with E-state index in [4.69, 9.17) is 11.6 Å². The Hall–Kier alpha value is -5.77. The second-order valence-electron chi connectivity index (χ2n) is 14.0. The first-order valence-corrected chi connectivity index (χ1v) is 18.3. The molecule has 258 valence electrons. The van der Waals surface area contributed by atoms with E-state index in [9.17, 15) is 9.59 Å². The van der Waals surface area contributed by atoms with Crippen LogP contribution >= 0.6 is 11.6 Å². The van der Waals surface area contributed by atoms with Crippen molar-refractivity contribution < 1.29 is 0 Å². The molecule has 4 aromatic carbocycles. The predicted molar refractivity (Wildman–Crippen MR) is 213 cm³/mol. The van der Waals surface area contributed by atoms with Crippen LogP contribution in [0.2, 0.25) is 5.02 Å². The number of benzene rings is 4. The van der Waals surface area contributed by atoms with E-state index < -0.39 is 0 Å². The summed E-state index contributed by atoms with van der Waals surface area (Å²) in [6, 6.07) is 32.6. The number of hydrogen-bond acceptors (Lipinski definition) is 5. The summed E-state index contributed by atoms with van der Waals surface area (Å²) in [5.74, 6) is 0.208. The largest absolute Gasteiger partial charge is 0.366 e. The SMILES string of the molecule is O=c1[nH]c2c([nH]c3cc(C4CCN(c5c(-c6ccccc6)c6[nH]c7ccc(Cl)cc7c6[nH]c5=O)C4)ccc32)c(-c2ccccc2)c1N1CCNCC1. The van der Waals surface area contributed by atoms with Gasteiger partial charge in [0.2, 0.25) is 0 Å². The molecule has 10 rings (SSSR count). The van der Waals surface area contributed by atoms with E-state index in [1.165, 1.54) is 5.56 Å². The van der Waals surface area contributed by atoms with Gasteiger partial charge in [0, 0.05) is 83.1 Å². The summed E-state index contributed by atoms with van der Waals surface area (Å²) in [7, 11) is 0. The van der Waals surface area contributed by atoms with Crippen molar-refractivity contribution in [2.24, 2.45) is 0 Å². The lowest BCUT2D eigenvalue weighted by molar-refractivity contribution is 0.588. The predicted octanol–water partition coefficient (Wildman–Crippen LogP) is 7.72. The Balaban J connectivity index is 1.07. The number of hydrogen-bond donors (Lipinski definition) is 5. The number of aromatic nitrogens is 4. The average molecular weight is 706 g/mol. The molecule has 5 N–H and O–H groups in total. The minimum absolute atomic E-state index is 0.0702. The zero-order chi connectivity index (χ0) is 34.9. The summed E-state index contributed by atoms with van der Waals surface area (Å²) >= 11 is 6.39. The Bertz CT molecular complexity index is 2780. The molecule has 8 aromatic rings. The van der Waals surface area contributed by atoms with Crippen molar-refractivity contribution in [3.8, 4) is 22.3 Å². The lowest BCUT2D eigenvalue weighted by atomic mass is 9.97. The minimum Gasteiger partial charge on any atom is -0.366 e. The highest BCUT2D eigenvalue weighted by Crippen LogP contribution is 2.42. The number of nitrogens with zero attached hydrogens (tertiary/aromatic N) is 2. The summed E-state index contributed by atoms with van der Waals surface area (Å²) in [6.07, 6.45) is 0.902. The highest BCUT2D eigenvalue weighted by atomic mass is 35.5. The molecule has 4 aromatic heterocycles. The molecule has 10 heteroatoms. The Kier molecular flexibility index (Phi) is 7.26. The highest BCUT2D eigenvalue weighted by molar-refractivity contribution is 6.32. The first kappa shape index (κ1) is 31.0. The summed E-state index contributed by atoms with van der Waals surface area (Å²) in [4.78, 5) is 46.2. The number of nitrogens with one attached hydrogen (secondary N) is 5. The number of halogens is 1. The molecule has 0 saturated carbocycles. The second-order valence-corrected chi connectivity index (χ2v) is 14.4. The van der Waals surface area contributed by atoms with E-state index in [1.54, 1.807) is 0 Å². The molecule has 0 bridgehead atoms. The summed E-state index contributed by atoms with van der Waals surface area (Å²) in [6.45, 7) is 4.66. The number of piperazine rings is 1. The molecule has 6 heterocycles. The van der Waals surface area contributed by atoms with E-state index in [0.29, 0.717) is 22.9 Å². The van der Waals surface area contributed by atoms with Gasteiger partial charge in [0.15, 0.2) is 0 Å². The van der Waals surface area contributed by atoms with Crippen LogP contribution in [0, 0.1) is 0 Å². The molecule has 0 spiro atoms. The monoisotopic (exact) mass is 705 g/mol. The third-order valence-corrected chi connectivity index (χ3v) is 11.2. The van der Waals surface area contributed by atoms with Crippen molar-refractivity contribution in [3.05, 3.63) is 128 Å². The number of rotatable bonds is 5. The number of H-pyrrole nitrogens is 4. The first-order chi connectivity index (χ1) is 25.5. The van der Waals surface area contributed by atoms with Crippen LogP contribution in [0.15, 0.2) is 107 Å². The van der Waals surface area contributed by atoms with Gasteiger partial charge in [-0.05, 0) is 47.4 Å². The van der Waals surface area contributed by atoms with Crippen molar-refractivity contribution in [3.63, 3.8) is 0 Å². The van der Waals surface area contributed by atoms with Crippen molar-refractivity contribution >= 4 is 66.8 Å². The Morgan fingerprint density at radius 3 is 1.87 bits per heavy atom.